The molecule has 3 aromatic rings. The summed E-state index contributed by atoms with van der Waals surface area (Å²) >= 11 is 1.36. The average Bonchev–Trinajstić information content (AvgIpc) is 3.10. The molecule has 0 radical (unpaired) electrons. The molecule has 1 N–H and O–H groups in total. The van der Waals surface area contributed by atoms with Crippen molar-refractivity contribution >= 4 is 21.4 Å². The first-order chi connectivity index (χ1) is 12.0. The number of rotatable bonds is 6. The number of hydrogen-bond donors (Lipinski definition) is 1. The van der Waals surface area contributed by atoms with Gasteiger partial charge in [-0.15, -0.1) is 11.3 Å². The highest BCUT2D eigenvalue weighted by atomic mass is 32.2. The molecule has 0 aliphatic carbocycles. The Hall–Kier alpha value is -2.29. The Morgan fingerprint density at radius 2 is 1.80 bits per heavy atom. The van der Waals surface area contributed by atoms with Gasteiger partial charge in [0.15, 0.2) is 0 Å². The fourth-order valence-electron chi connectivity index (χ4n) is 2.14. The smallest absolute Gasteiger partial charge is 0.240 e. The molecule has 3 rings (SSSR count). The van der Waals surface area contributed by atoms with Crippen LogP contribution in [0.5, 0.6) is 5.75 Å². The summed E-state index contributed by atoms with van der Waals surface area (Å²) < 4.78 is 44.9. The Morgan fingerprint density at radius 3 is 2.44 bits per heavy atom. The first kappa shape index (κ1) is 17.5. The fraction of sp³-hybridized carbons (Fsp3) is 0.118. The SMILES string of the molecule is COc1ccc(-c2csc(CNS(=O)(=O)c3ccc(F)cc3)n2)cc1. The van der Waals surface area contributed by atoms with E-state index in [-0.39, 0.29) is 11.4 Å². The second kappa shape index (κ2) is 7.30. The molecule has 0 aliphatic heterocycles. The molecule has 5 nitrogen and oxygen atoms in total. The number of thiazole rings is 1. The van der Waals surface area contributed by atoms with E-state index < -0.39 is 15.8 Å². The van der Waals surface area contributed by atoms with Crippen molar-refractivity contribution in [2.75, 3.05) is 7.11 Å². The first-order valence-electron chi connectivity index (χ1n) is 7.32. The van der Waals surface area contributed by atoms with E-state index in [0.29, 0.717) is 5.01 Å². The zero-order valence-electron chi connectivity index (χ0n) is 13.3. The molecular weight excluding hydrogens is 363 g/mol. The minimum Gasteiger partial charge on any atom is -0.497 e. The van der Waals surface area contributed by atoms with Gasteiger partial charge in [0.25, 0.3) is 0 Å². The number of ether oxygens (including phenoxy) is 1. The fourth-order valence-corrected chi connectivity index (χ4v) is 3.96. The van der Waals surface area contributed by atoms with E-state index >= 15 is 0 Å². The van der Waals surface area contributed by atoms with Crippen LogP contribution in [0, 0.1) is 5.82 Å². The minimum atomic E-state index is -3.71. The number of methoxy groups -OCH3 is 1. The van der Waals surface area contributed by atoms with Crippen LogP contribution < -0.4 is 9.46 Å². The minimum absolute atomic E-state index is 0.0147. The van der Waals surface area contributed by atoms with E-state index in [0.717, 1.165) is 29.1 Å². The van der Waals surface area contributed by atoms with Crippen LogP contribution in [0.3, 0.4) is 0 Å². The van der Waals surface area contributed by atoms with Crippen molar-refractivity contribution in [3.8, 4) is 17.0 Å². The number of benzene rings is 2. The largest absolute Gasteiger partial charge is 0.497 e. The summed E-state index contributed by atoms with van der Waals surface area (Å²) in [6, 6.07) is 12.1. The molecule has 0 unspecified atom stereocenters. The lowest BCUT2D eigenvalue weighted by molar-refractivity contribution is 0.415. The lowest BCUT2D eigenvalue weighted by Gasteiger charge is -2.05. The molecule has 0 aliphatic rings. The van der Waals surface area contributed by atoms with E-state index in [1.165, 1.54) is 23.5 Å². The average molecular weight is 378 g/mol. The molecule has 0 saturated heterocycles. The van der Waals surface area contributed by atoms with Crippen LogP contribution in [-0.2, 0) is 16.6 Å². The topological polar surface area (TPSA) is 68.3 Å². The zero-order chi connectivity index (χ0) is 17.9. The second-order valence-electron chi connectivity index (χ2n) is 5.13. The predicted molar refractivity (Wildman–Crippen MR) is 94.5 cm³/mol. The summed E-state index contributed by atoms with van der Waals surface area (Å²) in [6.45, 7) is 0.0700. The number of nitrogens with one attached hydrogen (secondary N) is 1. The van der Waals surface area contributed by atoms with E-state index in [2.05, 4.69) is 9.71 Å². The van der Waals surface area contributed by atoms with E-state index in [1.807, 2.05) is 29.6 Å². The van der Waals surface area contributed by atoms with Gasteiger partial charge in [-0.3, -0.25) is 0 Å². The highest BCUT2D eigenvalue weighted by Crippen LogP contribution is 2.24. The number of nitrogens with zero attached hydrogens (tertiary/aromatic N) is 1. The Labute approximate surface area is 149 Å². The van der Waals surface area contributed by atoms with Crippen molar-refractivity contribution in [3.63, 3.8) is 0 Å². The standard InChI is InChI=1S/C17H15FN2O3S2/c1-23-14-6-2-12(3-7-14)16-11-24-17(20-16)10-19-25(21,22)15-8-4-13(18)5-9-15/h2-9,11,19H,10H2,1H3. The lowest BCUT2D eigenvalue weighted by Crippen LogP contribution is -2.23. The Morgan fingerprint density at radius 1 is 1.12 bits per heavy atom. The normalized spacial score (nSPS) is 11.4. The van der Waals surface area contributed by atoms with Crippen molar-refractivity contribution in [1.82, 2.24) is 9.71 Å². The maximum Gasteiger partial charge on any atom is 0.240 e. The summed E-state index contributed by atoms with van der Waals surface area (Å²) in [5.74, 6) is 0.272. The predicted octanol–water partition coefficient (Wildman–Crippen LogP) is 3.44. The van der Waals surface area contributed by atoms with Crippen LogP contribution in [0.2, 0.25) is 0 Å². The van der Waals surface area contributed by atoms with Crippen molar-refractivity contribution < 1.29 is 17.5 Å². The number of sulfonamides is 1. The summed E-state index contributed by atoms with van der Waals surface area (Å²) in [4.78, 5) is 4.45. The van der Waals surface area contributed by atoms with Gasteiger partial charge in [0.2, 0.25) is 10.0 Å². The quantitative estimate of drug-likeness (QED) is 0.713. The molecule has 0 saturated carbocycles. The molecule has 0 atom stereocenters. The second-order valence-corrected chi connectivity index (χ2v) is 7.84. The van der Waals surface area contributed by atoms with Crippen molar-refractivity contribution in [3.05, 3.63) is 64.7 Å². The van der Waals surface area contributed by atoms with Gasteiger partial charge in [0, 0.05) is 10.9 Å². The molecule has 8 heteroatoms. The molecule has 25 heavy (non-hydrogen) atoms. The van der Waals surface area contributed by atoms with Gasteiger partial charge in [-0.05, 0) is 48.5 Å². The molecule has 0 bridgehead atoms. The maximum absolute atomic E-state index is 12.9. The van der Waals surface area contributed by atoms with Crippen LogP contribution >= 0.6 is 11.3 Å². The van der Waals surface area contributed by atoms with Crippen molar-refractivity contribution in [2.24, 2.45) is 0 Å². The molecule has 0 fully saturated rings. The van der Waals surface area contributed by atoms with Gasteiger partial charge in [-0.25, -0.2) is 22.5 Å². The third kappa shape index (κ3) is 4.22. The number of halogens is 1. The van der Waals surface area contributed by atoms with E-state index in [9.17, 15) is 12.8 Å². The van der Waals surface area contributed by atoms with Gasteiger partial charge in [0.1, 0.15) is 16.6 Å². The molecule has 0 amide bonds. The highest BCUT2D eigenvalue weighted by Gasteiger charge is 2.15. The van der Waals surface area contributed by atoms with Crippen LogP contribution in [-0.4, -0.2) is 20.5 Å². The van der Waals surface area contributed by atoms with Crippen LogP contribution in [0.25, 0.3) is 11.3 Å². The van der Waals surface area contributed by atoms with Gasteiger partial charge in [0.05, 0.1) is 24.2 Å². The van der Waals surface area contributed by atoms with Gasteiger partial charge < -0.3 is 4.74 Å². The van der Waals surface area contributed by atoms with Crippen LogP contribution in [0.15, 0.2) is 58.8 Å². The maximum atomic E-state index is 12.9. The number of aromatic nitrogens is 1. The van der Waals surface area contributed by atoms with Gasteiger partial charge in [-0.1, -0.05) is 0 Å². The van der Waals surface area contributed by atoms with E-state index in [1.54, 1.807) is 7.11 Å². The molecule has 0 spiro atoms. The molecular formula is C17H15FN2O3S2. The molecule has 2 aromatic carbocycles. The van der Waals surface area contributed by atoms with Crippen LogP contribution in [0.1, 0.15) is 5.01 Å². The number of hydrogen-bond acceptors (Lipinski definition) is 5. The summed E-state index contributed by atoms with van der Waals surface area (Å²) in [7, 11) is -2.11. The van der Waals surface area contributed by atoms with Gasteiger partial charge >= 0.3 is 0 Å². The summed E-state index contributed by atoms with van der Waals surface area (Å²) in [5.41, 5.74) is 1.69. The molecule has 1 heterocycles. The zero-order valence-corrected chi connectivity index (χ0v) is 14.9. The monoisotopic (exact) mass is 378 g/mol. The first-order valence-corrected chi connectivity index (χ1v) is 9.68. The van der Waals surface area contributed by atoms with Gasteiger partial charge in [-0.2, -0.15) is 0 Å². The third-order valence-corrected chi connectivity index (χ3v) is 5.74. The van der Waals surface area contributed by atoms with E-state index in [4.69, 9.17) is 4.74 Å². The Kier molecular flexibility index (Phi) is 5.12. The van der Waals surface area contributed by atoms with Crippen molar-refractivity contribution in [1.29, 1.82) is 0 Å². The van der Waals surface area contributed by atoms with Crippen molar-refractivity contribution in [2.45, 2.75) is 11.4 Å². The Bertz CT molecular complexity index is 952. The third-order valence-electron chi connectivity index (χ3n) is 3.47. The molecule has 1 aromatic heterocycles. The lowest BCUT2D eigenvalue weighted by atomic mass is 10.2. The van der Waals surface area contributed by atoms with Crippen LogP contribution in [0.4, 0.5) is 4.39 Å². The summed E-state index contributed by atoms with van der Waals surface area (Å²) in [6.07, 6.45) is 0. The Balaban J connectivity index is 1.69. The highest BCUT2D eigenvalue weighted by molar-refractivity contribution is 7.89. The summed E-state index contributed by atoms with van der Waals surface area (Å²) in [5, 5.41) is 2.50. The molecule has 130 valence electrons.